The molecule has 0 saturated carbocycles. The minimum Gasteiger partial charge on any atom is -0.329 e. The van der Waals surface area contributed by atoms with Crippen LogP contribution in [0.4, 0.5) is 0 Å². The van der Waals surface area contributed by atoms with E-state index in [4.69, 9.17) is 0 Å². The van der Waals surface area contributed by atoms with Crippen LogP contribution in [0.2, 0.25) is 0 Å². The molecule has 0 radical (unpaired) electrons. The van der Waals surface area contributed by atoms with Crippen molar-refractivity contribution in [2.24, 2.45) is 0 Å². The molecule has 3 heterocycles. The predicted molar refractivity (Wildman–Crippen MR) is 73.7 cm³/mol. The molecule has 19 heavy (non-hydrogen) atoms. The van der Waals surface area contributed by atoms with Gasteiger partial charge < -0.3 is 9.80 Å². The van der Waals surface area contributed by atoms with Crippen molar-refractivity contribution < 1.29 is 9.59 Å². The average Bonchev–Trinajstić information content (AvgIpc) is 3.07. The van der Waals surface area contributed by atoms with E-state index in [0.29, 0.717) is 13.0 Å². The molecule has 0 spiro atoms. The molecule has 2 unspecified atom stereocenters. The van der Waals surface area contributed by atoms with Gasteiger partial charge in [-0.1, -0.05) is 13.0 Å². The molecular formula is C14H18N2O2S. The van der Waals surface area contributed by atoms with Crippen molar-refractivity contribution in [3.05, 3.63) is 22.4 Å². The Kier molecular flexibility index (Phi) is 3.31. The summed E-state index contributed by atoms with van der Waals surface area (Å²) in [6, 6.07) is 3.54. The van der Waals surface area contributed by atoms with Crippen LogP contribution in [0.1, 0.15) is 31.1 Å². The quantitative estimate of drug-likeness (QED) is 0.847. The van der Waals surface area contributed by atoms with Gasteiger partial charge in [-0.05, 0) is 30.7 Å². The molecule has 102 valence electrons. The summed E-state index contributed by atoms with van der Waals surface area (Å²) in [5, 5.41) is 2.01. The number of hydrogen-bond acceptors (Lipinski definition) is 3. The first-order valence-corrected chi connectivity index (χ1v) is 7.73. The topological polar surface area (TPSA) is 40.6 Å². The minimum absolute atomic E-state index is 0.136. The van der Waals surface area contributed by atoms with Crippen LogP contribution < -0.4 is 0 Å². The van der Waals surface area contributed by atoms with Gasteiger partial charge in [0.05, 0.1) is 6.54 Å². The van der Waals surface area contributed by atoms with Crippen molar-refractivity contribution in [2.75, 3.05) is 6.54 Å². The van der Waals surface area contributed by atoms with E-state index in [2.05, 4.69) is 0 Å². The lowest BCUT2D eigenvalue weighted by atomic mass is 10.0. The molecule has 0 aliphatic carbocycles. The van der Waals surface area contributed by atoms with E-state index in [1.807, 2.05) is 24.4 Å². The third-order valence-corrected chi connectivity index (χ3v) is 4.92. The highest BCUT2D eigenvalue weighted by molar-refractivity contribution is 7.09. The molecule has 1 aromatic heterocycles. The van der Waals surface area contributed by atoms with Gasteiger partial charge in [0.1, 0.15) is 12.1 Å². The van der Waals surface area contributed by atoms with Gasteiger partial charge in [0.15, 0.2) is 0 Å². The van der Waals surface area contributed by atoms with Crippen LogP contribution in [0.3, 0.4) is 0 Å². The maximum Gasteiger partial charge on any atom is 0.246 e. The Hall–Kier alpha value is -1.36. The highest BCUT2D eigenvalue weighted by atomic mass is 32.1. The van der Waals surface area contributed by atoms with E-state index >= 15 is 0 Å². The Morgan fingerprint density at radius 1 is 1.37 bits per heavy atom. The Labute approximate surface area is 117 Å². The first kappa shape index (κ1) is 12.7. The molecule has 0 N–H and O–H groups in total. The fraction of sp³-hybridized carbons (Fsp3) is 0.571. The maximum absolute atomic E-state index is 12.6. The van der Waals surface area contributed by atoms with E-state index in [9.17, 15) is 9.59 Å². The van der Waals surface area contributed by atoms with Crippen molar-refractivity contribution in [3.63, 3.8) is 0 Å². The molecule has 2 aliphatic rings. The van der Waals surface area contributed by atoms with Crippen molar-refractivity contribution in [1.29, 1.82) is 0 Å². The monoisotopic (exact) mass is 278 g/mol. The van der Waals surface area contributed by atoms with Crippen LogP contribution in [0.5, 0.6) is 0 Å². The summed E-state index contributed by atoms with van der Waals surface area (Å²) in [6.07, 6.45) is 2.46. The van der Waals surface area contributed by atoms with E-state index in [1.54, 1.807) is 21.1 Å². The lowest BCUT2D eigenvalue weighted by Gasteiger charge is -2.41. The van der Waals surface area contributed by atoms with Crippen LogP contribution in [-0.2, 0) is 16.1 Å². The number of amides is 2. The molecule has 5 heteroatoms. The van der Waals surface area contributed by atoms with Crippen LogP contribution in [0, 0.1) is 0 Å². The van der Waals surface area contributed by atoms with E-state index in [-0.39, 0.29) is 23.9 Å². The Bertz CT molecular complexity index is 486. The number of fused-ring (bicyclic) bond motifs is 1. The zero-order valence-electron chi connectivity index (χ0n) is 11.0. The van der Waals surface area contributed by atoms with Crippen molar-refractivity contribution >= 4 is 23.2 Å². The standard InChI is InChI=1S/C14H18N2O2S/c1-2-11-13(17)15-7-3-6-12(15)14(18)16(11)9-10-5-4-8-19-10/h4-5,8,11-12H,2-3,6-7,9H2,1H3. The van der Waals surface area contributed by atoms with Crippen LogP contribution in [-0.4, -0.2) is 40.2 Å². The van der Waals surface area contributed by atoms with Gasteiger partial charge in [-0.2, -0.15) is 0 Å². The van der Waals surface area contributed by atoms with E-state index in [0.717, 1.165) is 24.3 Å². The summed E-state index contributed by atoms with van der Waals surface area (Å²) in [4.78, 5) is 29.8. The second-order valence-electron chi connectivity index (χ2n) is 5.16. The largest absolute Gasteiger partial charge is 0.329 e. The summed E-state index contributed by atoms with van der Waals surface area (Å²) in [5.41, 5.74) is 0. The highest BCUT2D eigenvalue weighted by Crippen LogP contribution is 2.29. The zero-order chi connectivity index (χ0) is 13.4. The van der Waals surface area contributed by atoms with Gasteiger partial charge >= 0.3 is 0 Å². The molecule has 1 aromatic rings. The third-order valence-electron chi connectivity index (χ3n) is 4.06. The number of rotatable bonds is 3. The second-order valence-corrected chi connectivity index (χ2v) is 6.19. The summed E-state index contributed by atoms with van der Waals surface area (Å²) in [7, 11) is 0. The van der Waals surface area contributed by atoms with Crippen molar-refractivity contribution in [1.82, 2.24) is 9.80 Å². The fourth-order valence-electron chi connectivity index (χ4n) is 3.11. The normalized spacial score (nSPS) is 27.0. The Morgan fingerprint density at radius 3 is 2.89 bits per heavy atom. The van der Waals surface area contributed by atoms with Crippen LogP contribution in [0.25, 0.3) is 0 Å². The molecule has 2 atom stereocenters. The number of carbonyl (C=O) groups is 2. The summed E-state index contributed by atoms with van der Waals surface area (Å²) >= 11 is 1.64. The van der Waals surface area contributed by atoms with Gasteiger partial charge in [0, 0.05) is 11.4 Å². The minimum atomic E-state index is -0.274. The SMILES string of the molecule is CCC1C(=O)N2CCCC2C(=O)N1Cc1cccs1. The van der Waals surface area contributed by atoms with Gasteiger partial charge in [0.25, 0.3) is 0 Å². The predicted octanol–water partition coefficient (Wildman–Crippen LogP) is 1.86. The lowest BCUT2D eigenvalue weighted by Crippen LogP contribution is -2.62. The number of piperazine rings is 1. The number of nitrogens with zero attached hydrogens (tertiary/aromatic N) is 2. The van der Waals surface area contributed by atoms with Crippen LogP contribution in [0.15, 0.2) is 17.5 Å². The average molecular weight is 278 g/mol. The number of hydrogen-bond donors (Lipinski definition) is 0. The maximum atomic E-state index is 12.6. The van der Waals surface area contributed by atoms with Gasteiger partial charge in [-0.25, -0.2) is 0 Å². The molecule has 3 rings (SSSR count). The third kappa shape index (κ3) is 2.06. The van der Waals surface area contributed by atoms with E-state index < -0.39 is 0 Å². The summed E-state index contributed by atoms with van der Waals surface area (Å²) < 4.78 is 0. The molecule has 2 aliphatic heterocycles. The first-order chi connectivity index (χ1) is 9.22. The van der Waals surface area contributed by atoms with Gasteiger partial charge in [-0.3, -0.25) is 9.59 Å². The zero-order valence-corrected chi connectivity index (χ0v) is 11.9. The van der Waals surface area contributed by atoms with Crippen LogP contribution >= 0.6 is 11.3 Å². The Morgan fingerprint density at radius 2 is 2.21 bits per heavy atom. The summed E-state index contributed by atoms with van der Waals surface area (Å²) in [6.45, 7) is 3.30. The molecule has 4 nitrogen and oxygen atoms in total. The molecule has 2 saturated heterocycles. The second kappa shape index (κ2) is 4.96. The van der Waals surface area contributed by atoms with Crippen molar-refractivity contribution in [3.8, 4) is 0 Å². The summed E-state index contributed by atoms with van der Waals surface area (Å²) in [5.74, 6) is 0.276. The molecular weight excluding hydrogens is 260 g/mol. The van der Waals surface area contributed by atoms with Gasteiger partial charge in [0.2, 0.25) is 11.8 Å². The fourth-order valence-corrected chi connectivity index (χ4v) is 3.81. The molecule has 0 bridgehead atoms. The van der Waals surface area contributed by atoms with Crippen molar-refractivity contribution in [2.45, 2.75) is 44.8 Å². The first-order valence-electron chi connectivity index (χ1n) is 6.85. The lowest BCUT2D eigenvalue weighted by molar-refractivity contribution is -0.160. The molecule has 2 amide bonds. The number of carbonyl (C=O) groups excluding carboxylic acids is 2. The number of thiophene rings is 1. The smallest absolute Gasteiger partial charge is 0.246 e. The molecule has 0 aromatic carbocycles. The molecule has 2 fully saturated rings. The highest BCUT2D eigenvalue weighted by Gasteiger charge is 2.46. The Balaban J connectivity index is 1.87. The van der Waals surface area contributed by atoms with Gasteiger partial charge in [-0.15, -0.1) is 11.3 Å². The van der Waals surface area contributed by atoms with E-state index in [1.165, 1.54) is 0 Å².